The Labute approximate surface area is 193 Å². The van der Waals surface area contributed by atoms with Gasteiger partial charge in [-0.1, -0.05) is 30.6 Å². The quantitative estimate of drug-likeness (QED) is 0.608. The molecule has 0 saturated carbocycles. The normalized spacial score (nSPS) is 11.2. The average Bonchev–Trinajstić information content (AvgIpc) is 2.68. The fourth-order valence-electron chi connectivity index (χ4n) is 2.80. The number of H-pyrrole nitrogens is 1. The predicted molar refractivity (Wildman–Crippen MR) is 129 cm³/mol. The van der Waals surface area contributed by atoms with Gasteiger partial charge < -0.3 is 25.1 Å². The molecule has 0 spiro atoms. The monoisotopic (exact) mass is 453 g/mol. The highest BCUT2D eigenvalue weighted by molar-refractivity contribution is 5.91. The third-order valence-electron chi connectivity index (χ3n) is 4.08. The van der Waals surface area contributed by atoms with Gasteiger partial charge >= 0.3 is 12.2 Å². The molecule has 1 aromatic heterocycles. The number of pyridine rings is 1. The Bertz CT molecular complexity index is 1170. The Morgan fingerprint density at radius 1 is 1.03 bits per heavy atom. The third kappa shape index (κ3) is 8.04. The second kappa shape index (κ2) is 10.3. The largest absolute Gasteiger partial charge is 0.444 e. The molecule has 2 aromatic rings. The van der Waals surface area contributed by atoms with Crippen LogP contribution in [0, 0.1) is 11.8 Å². The van der Waals surface area contributed by atoms with Crippen LogP contribution in [0.2, 0.25) is 0 Å². The van der Waals surface area contributed by atoms with Gasteiger partial charge in [0.25, 0.3) is 0 Å². The van der Waals surface area contributed by atoms with E-state index in [1.165, 1.54) is 6.20 Å². The molecule has 0 bridgehead atoms. The van der Waals surface area contributed by atoms with Crippen molar-refractivity contribution >= 4 is 28.7 Å². The Morgan fingerprint density at radius 3 is 2.24 bits per heavy atom. The number of hydrogen-bond donors (Lipinski definition) is 3. The van der Waals surface area contributed by atoms with Gasteiger partial charge in [0.15, 0.2) is 0 Å². The van der Waals surface area contributed by atoms with Crippen molar-refractivity contribution in [2.24, 2.45) is 0 Å². The maximum atomic E-state index is 12.9. The van der Waals surface area contributed by atoms with Crippen molar-refractivity contribution in [3.63, 3.8) is 0 Å². The summed E-state index contributed by atoms with van der Waals surface area (Å²) < 4.78 is 10.4. The van der Waals surface area contributed by atoms with Crippen LogP contribution < -0.4 is 16.1 Å². The van der Waals surface area contributed by atoms with Crippen molar-refractivity contribution in [3.8, 4) is 11.8 Å². The highest BCUT2D eigenvalue weighted by Gasteiger charge is 2.17. The molecule has 8 nitrogen and oxygen atoms in total. The molecule has 2 rings (SSSR count). The second-order valence-electron chi connectivity index (χ2n) is 9.38. The van der Waals surface area contributed by atoms with E-state index in [2.05, 4.69) is 34.0 Å². The highest BCUT2D eigenvalue weighted by Crippen LogP contribution is 2.20. The summed E-state index contributed by atoms with van der Waals surface area (Å²) in [5.74, 6) is 5.53. The van der Waals surface area contributed by atoms with E-state index in [-0.39, 0.29) is 24.1 Å². The van der Waals surface area contributed by atoms with E-state index in [4.69, 9.17) is 9.47 Å². The molecular weight excluding hydrogens is 422 g/mol. The van der Waals surface area contributed by atoms with Gasteiger partial charge in [-0.3, -0.25) is 4.79 Å². The first-order valence-corrected chi connectivity index (χ1v) is 10.5. The van der Waals surface area contributed by atoms with E-state index in [0.717, 1.165) is 0 Å². The third-order valence-corrected chi connectivity index (χ3v) is 4.08. The number of para-hydroxylation sites is 1. The lowest BCUT2D eigenvalue weighted by molar-refractivity contribution is 0.0523. The van der Waals surface area contributed by atoms with Crippen LogP contribution >= 0.6 is 0 Å². The summed E-state index contributed by atoms with van der Waals surface area (Å²) in [7, 11) is 0. The van der Waals surface area contributed by atoms with Gasteiger partial charge in [0, 0.05) is 23.7 Å². The van der Waals surface area contributed by atoms with E-state index in [0.29, 0.717) is 22.0 Å². The maximum absolute atomic E-state index is 12.9. The van der Waals surface area contributed by atoms with Gasteiger partial charge in [0.2, 0.25) is 5.43 Å². The van der Waals surface area contributed by atoms with E-state index >= 15 is 0 Å². The Kier molecular flexibility index (Phi) is 7.94. The smallest absolute Gasteiger partial charge is 0.408 e. The van der Waals surface area contributed by atoms with Crippen LogP contribution in [0.25, 0.3) is 16.5 Å². The summed E-state index contributed by atoms with van der Waals surface area (Å²) in [4.78, 5) is 39.6. The van der Waals surface area contributed by atoms with Crippen LogP contribution in [0.3, 0.4) is 0 Å². The number of rotatable bonds is 4. The summed E-state index contributed by atoms with van der Waals surface area (Å²) in [6.45, 7) is 14.9. The highest BCUT2D eigenvalue weighted by atomic mass is 16.6. The molecule has 0 aliphatic carbocycles. The van der Waals surface area contributed by atoms with Crippen molar-refractivity contribution in [2.45, 2.75) is 52.7 Å². The molecule has 0 fully saturated rings. The molecule has 3 N–H and O–H groups in total. The zero-order valence-corrected chi connectivity index (χ0v) is 20.0. The maximum Gasteiger partial charge on any atom is 0.408 e. The van der Waals surface area contributed by atoms with Gasteiger partial charge in [0.05, 0.1) is 17.6 Å². The lowest BCUT2D eigenvalue weighted by Crippen LogP contribution is -2.33. The number of carbonyl (C=O) groups excluding carboxylic acids is 2. The van der Waals surface area contributed by atoms with Crippen LogP contribution in [0.5, 0.6) is 0 Å². The number of carbonyl (C=O) groups is 2. The van der Waals surface area contributed by atoms with Gasteiger partial charge in [-0.2, -0.15) is 0 Å². The number of aromatic amines is 1. The zero-order chi connectivity index (χ0) is 24.8. The Balaban J connectivity index is 2.13. The molecule has 8 heteroatoms. The van der Waals surface area contributed by atoms with Crippen LogP contribution in [0.15, 0.2) is 35.8 Å². The van der Waals surface area contributed by atoms with Crippen molar-refractivity contribution in [1.29, 1.82) is 0 Å². The fraction of sp³-hybridized carbons (Fsp3) is 0.400. The summed E-state index contributed by atoms with van der Waals surface area (Å²) >= 11 is 0. The average molecular weight is 454 g/mol. The van der Waals surface area contributed by atoms with Crippen molar-refractivity contribution < 1.29 is 19.1 Å². The van der Waals surface area contributed by atoms with Crippen molar-refractivity contribution in [2.75, 3.05) is 13.1 Å². The van der Waals surface area contributed by atoms with Gasteiger partial charge in [-0.05, 0) is 53.2 Å². The van der Waals surface area contributed by atoms with E-state index in [1.54, 1.807) is 53.7 Å². The lowest BCUT2D eigenvalue weighted by Gasteiger charge is -2.20. The number of nitrogens with one attached hydrogen (secondary N) is 3. The molecule has 176 valence electrons. The molecule has 1 aromatic carbocycles. The zero-order valence-electron chi connectivity index (χ0n) is 20.0. The number of amides is 2. The van der Waals surface area contributed by atoms with Crippen LogP contribution in [-0.4, -0.2) is 41.5 Å². The molecule has 0 aliphatic rings. The molecule has 0 aliphatic heterocycles. The van der Waals surface area contributed by atoms with Gasteiger partial charge in [-0.25, -0.2) is 9.59 Å². The SMILES string of the molecule is C=C(CNC(=O)OC(C)(C)C)c1cccc2c(=O)c(C#CCNC(=O)OC(C)(C)C)c[nH]c12. The molecule has 0 unspecified atom stereocenters. The second-order valence-corrected chi connectivity index (χ2v) is 9.38. The van der Waals surface area contributed by atoms with Crippen molar-refractivity contribution in [1.82, 2.24) is 15.6 Å². The molecule has 2 amide bonds. The fourth-order valence-corrected chi connectivity index (χ4v) is 2.80. The first kappa shape index (κ1) is 25.5. The summed E-state index contributed by atoms with van der Waals surface area (Å²) in [5, 5.41) is 5.63. The number of fused-ring (bicyclic) bond motifs is 1. The van der Waals surface area contributed by atoms with Crippen LogP contribution in [-0.2, 0) is 9.47 Å². The van der Waals surface area contributed by atoms with Crippen LogP contribution in [0.4, 0.5) is 9.59 Å². The Morgan fingerprint density at radius 2 is 1.64 bits per heavy atom. The first-order valence-electron chi connectivity index (χ1n) is 10.5. The molecular formula is C25H31N3O5. The number of aromatic nitrogens is 1. The minimum atomic E-state index is -0.601. The molecule has 33 heavy (non-hydrogen) atoms. The van der Waals surface area contributed by atoms with Gasteiger partial charge in [0.1, 0.15) is 11.2 Å². The van der Waals surface area contributed by atoms with E-state index in [9.17, 15) is 14.4 Å². The minimum Gasteiger partial charge on any atom is -0.444 e. The summed E-state index contributed by atoms with van der Waals surface area (Å²) in [6.07, 6.45) is 0.394. The molecule has 0 atom stereocenters. The van der Waals surface area contributed by atoms with E-state index in [1.807, 2.05) is 6.07 Å². The van der Waals surface area contributed by atoms with Crippen molar-refractivity contribution in [3.05, 3.63) is 52.3 Å². The molecule has 1 heterocycles. The predicted octanol–water partition coefficient (Wildman–Crippen LogP) is 3.94. The molecule has 0 saturated heterocycles. The minimum absolute atomic E-state index is 0.0412. The van der Waals surface area contributed by atoms with Gasteiger partial charge in [-0.15, -0.1) is 0 Å². The lowest BCUT2D eigenvalue weighted by atomic mass is 10.0. The van der Waals surface area contributed by atoms with Crippen LogP contribution in [0.1, 0.15) is 52.7 Å². The Hall–Kier alpha value is -3.73. The van der Waals surface area contributed by atoms with E-state index < -0.39 is 23.4 Å². The number of alkyl carbamates (subject to hydrolysis) is 2. The number of hydrogen-bond acceptors (Lipinski definition) is 5. The summed E-state index contributed by atoms with van der Waals surface area (Å²) in [6, 6.07) is 5.25. The number of benzene rings is 1. The summed E-state index contributed by atoms with van der Waals surface area (Å²) in [5.41, 5.74) is 0.726. The number of ether oxygens (including phenoxy) is 2. The molecule has 0 radical (unpaired) electrons. The topological polar surface area (TPSA) is 110 Å². The standard InChI is InChI=1S/C25H31N3O5/c1-16(14-28-23(31)33-25(5,6)7)18-11-8-12-19-20(18)27-15-17(21(19)29)10-9-13-26-22(30)32-24(2,3)4/h8,11-12,15H,1,13-14H2,2-7H3,(H,26,30)(H,27,29)(H,28,31). The first-order chi connectivity index (χ1) is 15.3.